The lowest BCUT2D eigenvalue weighted by Gasteiger charge is -2.31. The summed E-state index contributed by atoms with van der Waals surface area (Å²) >= 11 is 0. The molecule has 1 aliphatic heterocycles. The first-order chi connectivity index (χ1) is 11.0. The first kappa shape index (κ1) is 17.0. The topological polar surface area (TPSA) is 78.5 Å². The molecule has 0 unspecified atom stereocenters. The molecular formula is C17H23N3O3. The van der Waals surface area contributed by atoms with E-state index < -0.39 is 0 Å². The maximum Gasteiger partial charge on any atom is 0.251 e. The number of amides is 3. The van der Waals surface area contributed by atoms with Crippen LogP contribution in [0.15, 0.2) is 24.3 Å². The van der Waals surface area contributed by atoms with Gasteiger partial charge in [-0.2, -0.15) is 0 Å². The van der Waals surface area contributed by atoms with E-state index in [1.54, 1.807) is 31.2 Å². The van der Waals surface area contributed by atoms with E-state index >= 15 is 0 Å². The summed E-state index contributed by atoms with van der Waals surface area (Å²) in [6.45, 7) is 5.19. The largest absolute Gasteiger partial charge is 0.352 e. The second kappa shape index (κ2) is 7.76. The van der Waals surface area contributed by atoms with Gasteiger partial charge in [-0.25, -0.2) is 0 Å². The fraction of sp³-hybridized carbons (Fsp3) is 0.471. The smallest absolute Gasteiger partial charge is 0.251 e. The van der Waals surface area contributed by atoms with Crippen molar-refractivity contribution in [1.29, 1.82) is 0 Å². The molecule has 1 saturated heterocycles. The highest BCUT2D eigenvalue weighted by Crippen LogP contribution is 2.16. The number of rotatable bonds is 4. The summed E-state index contributed by atoms with van der Waals surface area (Å²) in [6.07, 6.45) is 1.84. The lowest BCUT2D eigenvalue weighted by molar-refractivity contribution is -0.130. The summed E-state index contributed by atoms with van der Waals surface area (Å²) < 4.78 is 0. The summed E-state index contributed by atoms with van der Waals surface area (Å²) in [5.41, 5.74) is 1.24. The lowest BCUT2D eigenvalue weighted by atomic mass is 9.96. The van der Waals surface area contributed by atoms with Gasteiger partial charge in [0.15, 0.2) is 0 Å². The number of anilines is 1. The highest BCUT2D eigenvalue weighted by atomic mass is 16.2. The molecule has 1 aromatic carbocycles. The van der Waals surface area contributed by atoms with Crippen molar-refractivity contribution in [3.8, 4) is 0 Å². The third kappa shape index (κ3) is 5.09. The summed E-state index contributed by atoms with van der Waals surface area (Å²) in [5, 5.41) is 5.61. The molecule has 124 valence electrons. The summed E-state index contributed by atoms with van der Waals surface area (Å²) in [4.78, 5) is 36.2. The molecule has 0 saturated carbocycles. The molecule has 0 aliphatic carbocycles. The SMILES string of the molecule is CC(=O)Nc1ccc(C(=O)NCC2CCN(C(C)=O)CC2)cc1. The van der Waals surface area contributed by atoms with Crippen LogP contribution >= 0.6 is 0 Å². The minimum atomic E-state index is -0.140. The Labute approximate surface area is 136 Å². The number of carbonyl (C=O) groups excluding carboxylic acids is 3. The molecule has 23 heavy (non-hydrogen) atoms. The zero-order valence-electron chi connectivity index (χ0n) is 13.6. The van der Waals surface area contributed by atoms with Crippen LogP contribution in [-0.2, 0) is 9.59 Å². The van der Waals surface area contributed by atoms with Gasteiger partial charge in [0.1, 0.15) is 0 Å². The second-order valence-corrected chi connectivity index (χ2v) is 5.92. The van der Waals surface area contributed by atoms with Crippen molar-refractivity contribution in [3.63, 3.8) is 0 Å². The molecule has 0 aromatic heterocycles. The Morgan fingerprint density at radius 1 is 1.09 bits per heavy atom. The highest BCUT2D eigenvalue weighted by molar-refractivity contribution is 5.95. The van der Waals surface area contributed by atoms with Crippen LogP contribution in [0.25, 0.3) is 0 Å². The third-order valence-corrected chi connectivity index (χ3v) is 4.08. The molecule has 1 heterocycles. The molecule has 6 nitrogen and oxygen atoms in total. The normalized spacial score (nSPS) is 15.1. The van der Waals surface area contributed by atoms with Gasteiger partial charge in [-0.3, -0.25) is 14.4 Å². The number of likely N-dealkylation sites (tertiary alicyclic amines) is 1. The van der Waals surface area contributed by atoms with E-state index in [-0.39, 0.29) is 17.7 Å². The van der Waals surface area contributed by atoms with E-state index in [1.165, 1.54) is 6.92 Å². The Balaban J connectivity index is 1.79. The van der Waals surface area contributed by atoms with Crippen LogP contribution in [0, 0.1) is 5.92 Å². The van der Waals surface area contributed by atoms with Crippen molar-refractivity contribution in [2.45, 2.75) is 26.7 Å². The quantitative estimate of drug-likeness (QED) is 0.886. The molecule has 2 rings (SSSR count). The zero-order chi connectivity index (χ0) is 16.8. The van der Waals surface area contributed by atoms with E-state index in [0.29, 0.717) is 23.7 Å². The average Bonchev–Trinajstić information content (AvgIpc) is 2.53. The van der Waals surface area contributed by atoms with Gasteiger partial charge in [-0.1, -0.05) is 0 Å². The van der Waals surface area contributed by atoms with Crippen LogP contribution in [0.2, 0.25) is 0 Å². The Bertz CT molecular complexity index is 575. The van der Waals surface area contributed by atoms with Crippen molar-refractivity contribution < 1.29 is 14.4 Å². The molecule has 1 aromatic rings. The first-order valence-electron chi connectivity index (χ1n) is 7.87. The van der Waals surface area contributed by atoms with Crippen molar-refractivity contribution in [2.24, 2.45) is 5.92 Å². The van der Waals surface area contributed by atoms with Crippen molar-refractivity contribution in [3.05, 3.63) is 29.8 Å². The molecule has 3 amide bonds. The molecule has 1 fully saturated rings. The predicted octanol–water partition coefficient (Wildman–Crippen LogP) is 1.63. The van der Waals surface area contributed by atoms with Gasteiger partial charge in [-0.15, -0.1) is 0 Å². The van der Waals surface area contributed by atoms with E-state index in [4.69, 9.17) is 0 Å². The van der Waals surface area contributed by atoms with Crippen LogP contribution in [0.3, 0.4) is 0 Å². The van der Waals surface area contributed by atoms with Gasteiger partial charge >= 0.3 is 0 Å². The predicted molar refractivity (Wildman–Crippen MR) is 88.1 cm³/mol. The van der Waals surface area contributed by atoms with E-state index in [1.807, 2.05) is 4.90 Å². The van der Waals surface area contributed by atoms with Gasteiger partial charge in [-0.05, 0) is 43.0 Å². The fourth-order valence-electron chi connectivity index (χ4n) is 2.70. The third-order valence-electron chi connectivity index (χ3n) is 4.08. The van der Waals surface area contributed by atoms with Crippen LogP contribution < -0.4 is 10.6 Å². The standard InChI is InChI=1S/C17H23N3O3/c1-12(21)19-16-5-3-15(4-6-16)17(23)18-11-14-7-9-20(10-8-14)13(2)22/h3-6,14H,7-11H2,1-2H3,(H,18,23)(H,19,21). The second-order valence-electron chi connectivity index (χ2n) is 5.92. The molecule has 6 heteroatoms. The van der Waals surface area contributed by atoms with Crippen molar-refractivity contribution in [2.75, 3.05) is 25.0 Å². The molecular weight excluding hydrogens is 294 g/mol. The van der Waals surface area contributed by atoms with E-state index in [0.717, 1.165) is 25.9 Å². The summed E-state index contributed by atoms with van der Waals surface area (Å²) in [6, 6.07) is 6.81. The number of benzene rings is 1. The number of carbonyl (C=O) groups is 3. The van der Waals surface area contributed by atoms with Crippen molar-refractivity contribution >= 4 is 23.4 Å². The van der Waals surface area contributed by atoms with Gasteiger partial charge in [0.2, 0.25) is 11.8 Å². The number of piperidine rings is 1. The van der Waals surface area contributed by atoms with Crippen molar-refractivity contribution in [1.82, 2.24) is 10.2 Å². The Morgan fingerprint density at radius 3 is 2.22 bits per heavy atom. The van der Waals surface area contributed by atoms with Crippen LogP contribution in [0.1, 0.15) is 37.0 Å². The zero-order valence-corrected chi connectivity index (χ0v) is 13.6. The van der Waals surface area contributed by atoms with Gasteiger partial charge in [0, 0.05) is 44.7 Å². The van der Waals surface area contributed by atoms with E-state index in [9.17, 15) is 14.4 Å². The number of nitrogens with zero attached hydrogens (tertiary/aromatic N) is 1. The Morgan fingerprint density at radius 2 is 1.70 bits per heavy atom. The highest BCUT2D eigenvalue weighted by Gasteiger charge is 2.21. The molecule has 0 spiro atoms. The van der Waals surface area contributed by atoms with Gasteiger partial charge in [0.05, 0.1) is 0 Å². The molecule has 2 N–H and O–H groups in total. The monoisotopic (exact) mass is 317 g/mol. The fourth-order valence-corrected chi connectivity index (χ4v) is 2.70. The van der Waals surface area contributed by atoms with Crippen LogP contribution in [-0.4, -0.2) is 42.3 Å². The lowest BCUT2D eigenvalue weighted by Crippen LogP contribution is -2.40. The Kier molecular flexibility index (Phi) is 5.73. The number of hydrogen-bond acceptors (Lipinski definition) is 3. The number of nitrogens with one attached hydrogen (secondary N) is 2. The number of hydrogen-bond donors (Lipinski definition) is 2. The summed E-state index contributed by atoms with van der Waals surface area (Å²) in [5.74, 6) is 0.271. The molecule has 0 radical (unpaired) electrons. The average molecular weight is 317 g/mol. The molecule has 1 aliphatic rings. The van der Waals surface area contributed by atoms with E-state index in [2.05, 4.69) is 10.6 Å². The van der Waals surface area contributed by atoms with Gasteiger partial charge in [0.25, 0.3) is 5.91 Å². The minimum absolute atomic E-state index is 0.117. The first-order valence-corrected chi connectivity index (χ1v) is 7.87. The molecule has 0 atom stereocenters. The maximum atomic E-state index is 12.1. The van der Waals surface area contributed by atoms with Crippen LogP contribution in [0.5, 0.6) is 0 Å². The summed E-state index contributed by atoms with van der Waals surface area (Å²) in [7, 11) is 0. The Hall–Kier alpha value is -2.37. The minimum Gasteiger partial charge on any atom is -0.352 e. The van der Waals surface area contributed by atoms with Crippen LogP contribution in [0.4, 0.5) is 5.69 Å². The van der Waals surface area contributed by atoms with Gasteiger partial charge < -0.3 is 15.5 Å². The maximum absolute atomic E-state index is 12.1. The molecule has 0 bridgehead atoms.